The van der Waals surface area contributed by atoms with Crippen LogP contribution in [0.2, 0.25) is 0 Å². The first-order chi connectivity index (χ1) is 14.9. The van der Waals surface area contributed by atoms with Crippen LogP contribution in [0.3, 0.4) is 0 Å². The molecular weight excluding hydrogens is 430 g/mol. The van der Waals surface area contributed by atoms with Gasteiger partial charge in [0.05, 0.1) is 17.7 Å². The zero-order valence-corrected chi connectivity index (χ0v) is 19.1. The second-order valence-electron chi connectivity index (χ2n) is 7.15. The number of hydrogen-bond donors (Lipinski definition) is 1. The molecule has 0 aliphatic rings. The highest BCUT2D eigenvalue weighted by molar-refractivity contribution is 7.89. The van der Waals surface area contributed by atoms with Gasteiger partial charge < -0.3 is 0 Å². The average Bonchev–Trinajstić information content (AvgIpc) is 3.16. The number of nitrogens with zero attached hydrogens (tertiary/aromatic N) is 2. The topological polar surface area (TPSA) is 78.8 Å². The van der Waals surface area contributed by atoms with E-state index in [4.69, 9.17) is 0 Å². The molecule has 0 aliphatic carbocycles. The van der Waals surface area contributed by atoms with Gasteiger partial charge in [0.2, 0.25) is 10.0 Å². The van der Waals surface area contributed by atoms with Crippen LogP contribution in [0.1, 0.15) is 21.6 Å². The highest BCUT2D eigenvalue weighted by atomic mass is 32.2. The molecule has 1 N–H and O–H groups in total. The summed E-state index contributed by atoms with van der Waals surface area (Å²) in [5.41, 5.74) is 5.47. The normalized spacial score (nSPS) is 11.8. The molecule has 0 spiro atoms. The predicted molar refractivity (Wildman–Crippen MR) is 125 cm³/mol. The number of carbonyl (C=O) groups is 1. The van der Waals surface area contributed by atoms with E-state index in [1.807, 2.05) is 55.6 Å². The van der Waals surface area contributed by atoms with Crippen LogP contribution in [0.25, 0.3) is 0 Å². The lowest BCUT2D eigenvalue weighted by molar-refractivity contribution is -0.121. The number of nitrogens with one attached hydrogen (secondary N) is 1. The highest BCUT2D eigenvalue weighted by Gasteiger charge is 2.26. The van der Waals surface area contributed by atoms with Crippen molar-refractivity contribution in [2.75, 3.05) is 13.1 Å². The minimum Gasteiger partial charge on any atom is -0.272 e. The van der Waals surface area contributed by atoms with Gasteiger partial charge in [0.1, 0.15) is 0 Å². The minimum absolute atomic E-state index is 0.164. The minimum atomic E-state index is -3.84. The maximum atomic E-state index is 13.2. The Hall–Kier alpha value is -2.81. The van der Waals surface area contributed by atoms with Crippen LogP contribution in [0.5, 0.6) is 0 Å². The Morgan fingerprint density at radius 3 is 2.42 bits per heavy atom. The Morgan fingerprint density at radius 1 is 1.06 bits per heavy atom. The van der Waals surface area contributed by atoms with E-state index in [1.165, 1.54) is 15.6 Å². The quantitative estimate of drug-likeness (QED) is 0.394. The number of hydrogen-bond acceptors (Lipinski definition) is 5. The summed E-state index contributed by atoms with van der Waals surface area (Å²) < 4.78 is 27.6. The zero-order valence-electron chi connectivity index (χ0n) is 17.5. The second-order valence-corrected chi connectivity index (χ2v) is 10.0. The van der Waals surface area contributed by atoms with E-state index >= 15 is 0 Å². The van der Waals surface area contributed by atoms with E-state index in [1.54, 1.807) is 30.5 Å². The molecule has 0 saturated carbocycles. The number of sulfonamides is 1. The van der Waals surface area contributed by atoms with Crippen LogP contribution < -0.4 is 5.43 Å². The molecule has 1 aromatic heterocycles. The Morgan fingerprint density at radius 2 is 1.77 bits per heavy atom. The Kier molecular flexibility index (Phi) is 7.73. The Labute approximate surface area is 187 Å². The van der Waals surface area contributed by atoms with Gasteiger partial charge in [-0.2, -0.15) is 9.41 Å². The van der Waals surface area contributed by atoms with Gasteiger partial charge in [0.25, 0.3) is 5.91 Å². The number of aryl methyl sites for hydroxylation is 2. The molecule has 2 aromatic carbocycles. The van der Waals surface area contributed by atoms with E-state index in [2.05, 4.69) is 10.5 Å². The van der Waals surface area contributed by atoms with Crippen LogP contribution in [-0.2, 0) is 21.2 Å². The molecule has 0 aliphatic heterocycles. The zero-order chi connectivity index (χ0) is 22.3. The van der Waals surface area contributed by atoms with Crippen molar-refractivity contribution in [2.24, 2.45) is 5.10 Å². The number of benzene rings is 2. The van der Waals surface area contributed by atoms with Crippen molar-refractivity contribution < 1.29 is 13.2 Å². The third-order valence-electron chi connectivity index (χ3n) is 4.74. The number of carbonyl (C=O) groups excluding carboxylic acids is 1. The highest BCUT2D eigenvalue weighted by Crippen LogP contribution is 2.17. The van der Waals surface area contributed by atoms with E-state index in [0.717, 1.165) is 21.6 Å². The second kappa shape index (κ2) is 10.5. The number of hydrazone groups is 1. The summed E-state index contributed by atoms with van der Waals surface area (Å²) in [6.45, 7) is 3.72. The van der Waals surface area contributed by atoms with Crippen molar-refractivity contribution in [2.45, 2.75) is 25.2 Å². The van der Waals surface area contributed by atoms with Gasteiger partial charge in [-0.25, -0.2) is 13.8 Å². The van der Waals surface area contributed by atoms with E-state index in [9.17, 15) is 13.2 Å². The van der Waals surface area contributed by atoms with Gasteiger partial charge >= 0.3 is 0 Å². The molecule has 0 fully saturated rings. The van der Waals surface area contributed by atoms with E-state index in [0.29, 0.717) is 6.42 Å². The third kappa shape index (κ3) is 6.33. The van der Waals surface area contributed by atoms with Crippen LogP contribution in [0.4, 0.5) is 0 Å². The SMILES string of the molecule is Cc1ccc(S(=O)(=O)N(CCc2ccccc2)CC(=O)NN=Cc2sccc2C)cc1. The van der Waals surface area contributed by atoms with E-state index < -0.39 is 15.9 Å². The summed E-state index contributed by atoms with van der Waals surface area (Å²) in [4.78, 5) is 13.6. The van der Waals surface area contributed by atoms with E-state index in [-0.39, 0.29) is 18.0 Å². The molecule has 0 saturated heterocycles. The molecule has 0 atom stereocenters. The fraction of sp³-hybridized carbons (Fsp3) is 0.217. The van der Waals surface area contributed by atoms with Gasteiger partial charge in [0.15, 0.2) is 0 Å². The standard InChI is InChI=1S/C23H25N3O3S2/c1-18-8-10-21(11-9-18)31(28,29)26(14-12-20-6-4-3-5-7-20)17-23(27)25-24-16-22-19(2)13-15-30-22/h3-11,13,15-16H,12,14,17H2,1-2H3,(H,25,27). The van der Waals surface area contributed by atoms with Crippen LogP contribution in [0.15, 0.2) is 76.0 Å². The summed E-state index contributed by atoms with van der Waals surface area (Å²) in [6, 6.07) is 18.2. The van der Waals surface area contributed by atoms with Crippen LogP contribution >= 0.6 is 11.3 Å². The van der Waals surface area contributed by atoms with Crippen molar-refractivity contribution in [1.82, 2.24) is 9.73 Å². The molecule has 3 aromatic rings. The monoisotopic (exact) mass is 455 g/mol. The predicted octanol–water partition coefficient (Wildman–Crippen LogP) is 3.75. The maximum Gasteiger partial charge on any atom is 0.255 e. The first-order valence-corrected chi connectivity index (χ1v) is 12.1. The number of thiophene rings is 1. The molecule has 1 amide bonds. The first kappa shape index (κ1) is 22.9. The summed E-state index contributed by atoms with van der Waals surface area (Å²) in [5, 5.41) is 5.92. The molecule has 162 valence electrons. The molecule has 8 heteroatoms. The average molecular weight is 456 g/mol. The first-order valence-electron chi connectivity index (χ1n) is 9.83. The molecule has 0 bridgehead atoms. The van der Waals surface area contributed by atoms with Crippen molar-refractivity contribution in [3.63, 3.8) is 0 Å². The van der Waals surface area contributed by atoms with Crippen molar-refractivity contribution >= 4 is 33.5 Å². The maximum absolute atomic E-state index is 13.2. The molecule has 31 heavy (non-hydrogen) atoms. The Balaban J connectivity index is 1.74. The lowest BCUT2D eigenvalue weighted by atomic mass is 10.1. The van der Waals surface area contributed by atoms with Crippen molar-refractivity contribution in [3.05, 3.63) is 87.6 Å². The number of amides is 1. The number of rotatable bonds is 9. The lowest BCUT2D eigenvalue weighted by Crippen LogP contribution is -2.40. The summed E-state index contributed by atoms with van der Waals surface area (Å²) >= 11 is 1.52. The van der Waals surface area contributed by atoms with Gasteiger partial charge in [0, 0.05) is 11.4 Å². The Bertz CT molecular complexity index is 1140. The summed E-state index contributed by atoms with van der Waals surface area (Å²) in [6.07, 6.45) is 2.07. The van der Waals surface area contributed by atoms with Gasteiger partial charge in [-0.15, -0.1) is 11.3 Å². The van der Waals surface area contributed by atoms with Gasteiger partial charge in [-0.1, -0.05) is 48.0 Å². The third-order valence-corrected chi connectivity index (χ3v) is 7.56. The molecule has 3 rings (SSSR count). The molecule has 0 radical (unpaired) electrons. The summed E-state index contributed by atoms with van der Waals surface area (Å²) in [7, 11) is -3.84. The fourth-order valence-electron chi connectivity index (χ4n) is 2.92. The largest absolute Gasteiger partial charge is 0.272 e. The van der Waals surface area contributed by atoms with Crippen molar-refractivity contribution in [1.29, 1.82) is 0 Å². The lowest BCUT2D eigenvalue weighted by Gasteiger charge is -2.21. The van der Waals surface area contributed by atoms with Crippen LogP contribution in [0, 0.1) is 13.8 Å². The van der Waals surface area contributed by atoms with Gasteiger partial charge in [-0.05, 0) is 55.0 Å². The molecule has 6 nitrogen and oxygen atoms in total. The van der Waals surface area contributed by atoms with Gasteiger partial charge in [-0.3, -0.25) is 4.79 Å². The molecule has 1 heterocycles. The summed E-state index contributed by atoms with van der Waals surface area (Å²) in [5.74, 6) is -0.491. The van der Waals surface area contributed by atoms with Crippen LogP contribution in [-0.4, -0.2) is 37.9 Å². The fourth-order valence-corrected chi connectivity index (χ4v) is 5.10. The van der Waals surface area contributed by atoms with Crippen molar-refractivity contribution in [3.8, 4) is 0 Å². The molecule has 0 unspecified atom stereocenters. The molecular formula is C23H25N3O3S2. The smallest absolute Gasteiger partial charge is 0.255 e.